The van der Waals surface area contributed by atoms with E-state index in [0.717, 1.165) is 5.56 Å². The van der Waals surface area contributed by atoms with E-state index < -0.39 is 0 Å². The molecule has 1 rings (SSSR count). The molecule has 5 heteroatoms. The summed E-state index contributed by atoms with van der Waals surface area (Å²) in [4.78, 5) is 4.44. The van der Waals surface area contributed by atoms with Crippen LogP contribution in [0.2, 0.25) is 0 Å². The SMILES string of the molecule is Cn1cc(C(=NC(C)(C)C)NN)cn1. The Kier molecular flexibility index (Phi) is 2.90. The zero-order chi connectivity index (χ0) is 10.8. The van der Waals surface area contributed by atoms with Gasteiger partial charge in [0.1, 0.15) is 5.84 Å². The van der Waals surface area contributed by atoms with Gasteiger partial charge in [0.25, 0.3) is 0 Å². The lowest BCUT2D eigenvalue weighted by Gasteiger charge is -2.14. The van der Waals surface area contributed by atoms with Crippen molar-refractivity contribution in [2.45, 2.75) is 26.3 Å². The van der Waals surface area contributed by atoms with Gasteiger partial charge in [-0.15, -0.1) is 0 Å². The number of aryl methyl sites for hydroxylation is 1. The first-order valence-electron chi connectivity index (χ1n) is 4.48. The summed E-state index contributed by atoms with van der Waals surface area (Å²) in [6.45, 7) is 6.04. The number of aliphatic imine (C=N–C) groups is 1. The van der Waals surface area contributed by atoms with Crippen molar-refractivity contribution in [3.63, 3.8) is 0 Å². The van der Waals surface area contributed by atoms with Crippen molar-refractivity contribution in [1.29, 1.82) is 0 Å². The summed E-state index contributed by atoms with van der Waals surface area (Å²) in [5, 5.41) is 4.06. The van der Waals surface area contributed by atoms with Crippen LogP contribution in [-0.2, 0) is 7.05 Å². The summed E-state index contributed by atoms with van der Waals surface area (Å²) < 4.78 is 1.71. The summed E-state index contributed by atoms with van der Waals surface area (Å²) in [6.07, 6.45) is 3.59. The molecular weight excluding hydrogens is 178 g/mol. The normalized spacial score (nSPS) is 13.1. The minimum absolute atomic E-state index is 0.155. The Balaban J connectivity index is 2.99. The second-order valence-corrected chi connectivity index (χ2v) is 4.18. The molecule has 1 aromatic heterocycles. The molecule has 0 bridgehead atoms. The second-order valence-electron chi connectivity index (χ2n) is 4.18. The Morgan fingerprint density at radius 1 is 1.57 bits per heavy atom. The molecule has 5 nitrogen and oxygen atoms in total. The van der Waals surface area contributed by atoms with E-state index in [1.807, 2.05) is 34.0 Å². The first kappa shape index (κ1) is 10.7. The van der Waals surface area contributed by atoms with Crippen LogP contribution in [0.3, 0.4) is 0 Å². The number of amidine groups is 1. The van der Waals surface area contributed by atoms with Crippen LogP contribution in [0, 0.1) is 0 Å². The van der Waals surface area contributed by atoms with Crippen LogP contribution in [0.25, 0.3) is 0 Å². The Labute approximate surface area is 84.0 Å². The van der Waals surface area contributed by atoms with E-state index in [4.69, 9.17) is 5.84 Å². The maximum atomic E-state index is 5.40. The summed E-state index contributed by atoms with van der Waals surface area (Å²) in [5.41, 5.74) is 3.32. The van der Waals surface area contributed by atoms with E-state index in [2.05, 4.69) is 15.5 Å². The number of hydrazine groups is 1. The van der Waals surface area contributed by atoms with Gasteiger partial charge in [0.15, 0.2) is 0 Å². The molecular formula is C9H17N5. The number of nitrogens with one attached hydrogen (secondary N) is 1. The van der Waals surface area contributed by atoms with Gasteiger partial charge in [-0.3, -0.25) is 9.67 Å². The van der Waals surface area contributed by atoms with Crippen LogP contribution in [0.1, 0.15) is 26.3 Å². The van der Waals surface area contributed by atoms with E-state index in [9.17, 15) is 0 Å². The van der Waals surface area contributed by atoms with Crippen molar-refractivity contribution in [2.75, 3.05) is 0 Å². The topological polar surface area (TPSA) is 68.2 Å². The summed E-state index contributed by atoms with van der Waals surface area (Å²) >= 11 is 0. The Morgan fingerprint density at radius 2 is 2.21 bits per heavy atom. The third kappa shape index (κ3) is 2.85. The van der Waals surface area contributed by atoms with Crippen molar-refractivity contribution < 1.29 is 0 Å². The van der Waals surface area contributed by atoms with Gasteiger partial charge in [-0.25, -0.2) is 5.84 Å². The van der Waals surface area contributed by atoms with Gasteiger partial charge in [-0.1, -0.05) is 0 Å². The lowest BCUT2D eigenvalue weighted by atomic mass is 10.1. The minimum Gasteiger partial charge on any atom is -0.308 e. The number of rotatable bonds is 1. The second kappa shape index (κ2) is 3.79. The summed E-state index contributed by atoms with van der Waals surface area (Å²) in [6, 6.07) is 0. The minimum atomic E-state index is -0.155. The molecule has 0 fully saturated rings. The molecule has 0 spiro atoms. The van der Waals surface area contributed by atoms with E-state index in [-0.39, 0.29) is 5.54 Å². The molecule has 0 unspecified atom stereocenters. The molecule has 1 heterocycles. The van der Waals surface area contributed by atoms with E-state index in [0.29, 0.717) is 5.84 Å². The Hall–Kier alpha value is -1.36. The zero-order valence-electron chi connectivity index (χ0n) is 9.07. The van der Waals surface area contributed by atoms with Crippen molar-refractivity contribution in [2.24, 2.45) is 17.9 Å². The molecule has 0 amide bonds. The van der Waals surface area contributed by atoms with Crippen LogP contribution in [0.15, 0.2) is 17.4 Å². The molecule has 0 atom stereocenters. The van der Waals surface area contributed by atoms with Crippen LogP contribution < -0.4 is 11.3 Å². The first-order chi connectivity index (χ1) is 6.42. The Bertz CT molecular complexity index is 331. The number of nitrogens with zero attached hydrogens (tertiary/aromatic N) is 3. The highest BCUT2D eigenvalue weighted by Gasteiger charge is 2.11. The molecule has 1 aromatic rings. The molecule has 0 aliphatic carbocycles. The summed E-state index contributed by atoms with van der Waals surface area (Å²) in [7, 11) is 1.86. The number of hydrogen-bond acceptors (Lipinski definition) is 3. The van der Waals surface area contributed by atoms with Crippen molar-refractivity contribution in [1.82, 2.24) is 15.2 Å². The standard InChI is InChI=1S/C9H17N5/c1-9(2,3)12-8(13-10)7-5-11-14(4)6-7/h5-6H,10H2,1-4H3,(H,12,13). The van der Waals surface area contributed by atoms with Crippen molar-refractivity contribution in [3.05, 3.63) is 18.0 Å². The van der Waals surface area contributed by atoms with Gasteiger partial charge in [0.2, 0.25) is 0 Å². The average Bonchev–Trinajstić information content (AvgIpc) is 2.46. The van der Waals surface area contributed by atoms with Gasteiger partial charge in [0.05, 0.1) is 17.3 Å². The maximum absolute atomic E-state index is 5.40. The molecule has 3 N–H and O–H groups in total. The van der Waals surface area contributed by atoms with Crippen LogP contribution in [0.4, 0.5) is 0 Å². The van der Waals surface area contributed by atoms with Crippen LogP contribution in [0.5, 0.6) is 0 Å². The van der Waals surface area contributed by atoms with Gasteiger partial charge in [-0.2, -0.15) is 5.10 Å². The van der Waals surface area contributed by atoms with Crippen molar-refractivity contribution in [3.8, 4) is 0 Å². The zero-order valence-corrected chi connectivity index (χ0v) is 9.07. The molecule has 0 aromatic carbocycles. The quantitative estimate of drug-likeness (QED) is 0.295. The van der Waals surface area contributed by atoms with Gasteiger partial charge < -0.3 is 5.43 Å². The largest absolute Gasteiger partial charge is 0.308 e. The fourth-order valence-corrected chi connectivity index (χ4v) is 1.06. The van der Waals surface area contributed by atoms with E-state index in [1.54, 1.807) is 10.9 Å². The Morgan fingerprint density at radius 3 is 2.57 bits per heavy atom. The number of aromatic nitrogens is 2. The highest BCUT2D eigenvalue weighted by Crippen LogP contribution is 2.08. The lowest BCUT2D eigenvalue weighted by molar-refractivity contribution is 0.580. The van der Waals surface area contributed by atoms with Crippen LogP contribution in [-0.4, -0.2) is 21.2 Å². The summed E-state index contributed by atoms with van der Waals surface area (Å²) in [5.74, 6) is 6.06. The molecule has 14 heavy (non-hydrogen) atoms. The molecule has 0 aliphatic rings. The molecule has 78 valence electrons. The fourth-order valence-electron chi connectivity index (χ4n) is 1.06. The molecule has 0 saturated heterocycles. The van der Waals surface area contributed by atoms with Gasteiger partial charge in [0, 0.05) is 13.2 Å². The van der Waals surface area contributed by atoms with Gasteiger partial charge >= 0.3 is 0 Å². The first-order valence-corrected chi connectivity index (χ1v) is 4.48. The fraction of sp³-hybridized carbons (Fsp3) is 0.556. The maximum Gasteiger partial charge on any atom is 0.146 e. The van der Waals surface area contributed by atoms with Crippen molar-refractivity contribution >= 4 is 5.84 Å². The third-order valence-electron chi connectivity index (χ3n) is 1.56. The van der Waals surface area contributed by atoms with E-state index in [1.165, 1.54) is 0 Å². The predicted octanol–water partition coefficient (Wildman–Crippen LogP) is 0.428. The highest BCUT2D eigenvalue weighted by atomic mass is 15.3. The molecule has 0 aliphatic heterocycles. The highest BCUT2D eigenvalue weighted by molar-refractivity contribution is 5.98. The number of nitrogens with two attached hydrogens (primary N) is 1. The smallest absolute Gasteiger partial charge is 0.146 e. The predicted molar refractivity (Wildman–Crippen MR) is 56.8 cm³/mol. The van der Waals surface area contributed by atoms with Gasteiger partial charge in [-0.05, 0) is 20.8 Å². The van der Waals surface area contributed by atoms with E-state index >= 15 is 0 Å². The third-order valence-corrected chi connectivity index (χ3v) is 1.56. The monoisotopic (exact) mass is 195 g/mol. The molecule has 0 saturated carbocycles. The lowest BCUT2D eigenvalue weighted by Crippen LogP contribution is -2.33. The molecule has 0 radical (unpaired) electrons. The number of hydrogen-bond donors (Lipinski definition) is 2. The average molecular weight is 195 g/mol. The van der Waals surface area contributed by atoms with Crippen LogP contribution >= 0.6 is 0 Å².